The van der Waals surface area contributed by atoms with Crippen molar-refractivity contribution in [3.05, 3.63) is 34.9 Å². The van der Waals surface area contributed by atoms with Crippen LogP contribution < -0.4 is 0 Å². The number of allylic oxidation sites excluding steroid dienone is 4. The number of nitriles is 1. The minimum atomic E-state index is -0.473. The summed E-state index contributed by atoms with van der Waals surface area (Å²) < 4.78 is 0. The van der Waals surface area contributed by atoms with E-state index in [1.54, 1.807) is 5.57 Å². The van der Waals surface area contributed by atoms with Crippen LogP contribution >= 0.6 is 0 Å². The second-order valence-corrected chi connectivity index (χ2v) is 14.4. The Kier molecular flexibility index (Phi) is 7.34. The van der Waals surface area contributed by atoms with Gasteiger partial charge in [-0.1, -0.05) is 52.3 Å². The summed E-state index contributed by atoms with van der Waals surface area (Å²) in [4.78, 5) is 0. The number of hydrogen-bond donors (Lipinski definition) is 2. The largest absolute Gasteiger partial charge is 0.390 e. The zero-order valence-electron chi connectivity index (χ0n) is 24.1. The lowest BCUT2D eigenvalue weighted by atomic mass is 9.46. The van der Waals surface area contributed by atoms with Gasteiger partial charge >= 0.3 is 0 Å². The highest BCUT2D eigenvalue weighted by atomic mass is 16.3. The minimum absolute atomic E-state index is 0.257. The molecule has 5 rings (SSSR count). The molecular weight excluding hydrogens is 454 g/mol. The Labute approximate surface area is 226 Å². The summed E-state index contributed by atoms with van der Waals surface area (Å²) >= 11 is 0. The molecule has 37 heavy (non-hydrogen) atoms. The van der Waals surface area contributed by atoms with Gasteiger partial charge in [-0.15, -0.1) is 0 Å². The SMILES string of the molecule is CC[C@]1(O)CC[C@@]2(C)C(=CC[C@@H]3C2CC[C@]2(C)[C@@H]([C@H](C)CCC(O)C4=CC=C(C#N)CC4C)CC[C@@H]32)C1. The van der Waals surface area contributed by atoms with Crippen LogP contribution in [0, 0.1) is 57.7 Å². The Morgan fingerprint density at radius 3 is 2.57 bits per heavy atom. The first-order chi connectivity index (χ1) is 17.5. The predicted molar refractivity (Wildman–Crippen MR) is 150 cm³/mol. The third-order valence-corrected chi connectivity index (χ3v) is 12.7. The number of rotatable bonds is 6. The van der Waals surface area contributed by atoms with Gasteiger partial charge in [0.1, 0.15) is 0 Å². The average Bonchev–Trinajstić information content (AvgIpc) is 3.24. The van der Waals surface area contributed by atoms with Gasteiger partial charge in [-0.2, -0.15) is 5.26 Å². The van der Waals surface area contributed by atoms with Crippen molar-refractivity contribution in [2.24, 2.45) is 46.3 Å². The van der Waals surface area contributed by atoms with Crippen molar-refractivity contribution in [3.63, 3.8) is 0 Å². The fourth-order valence-corrected chi connectivity index (χ4v) is 10.2. The lowest BCUT2D eigenvalue weighted by Crippen LogP contribution is -2.52. The number of nitrogens with zero attached hydrogens (tertiary/aromatic N) is 1. The molecule has 0 saturated heterocycles. The fraction of sp³-hybridized carbons (Fsp3) is 0.794. The predicted octanol–water partition coefficient (Wildman–Crippen LogP) is 7.90. The Hall–Kier alpha value is -1.37. The van der Waals surface area contributed by atoms with E-state index in [4.69, 9.17) is 0 Å². The molecular formula is C34H51NO2. The minimum Gasteiger partial charge on any atom is -0.390 e. The van der Waals surface area contributed by atoms with Crippen molar-refractivity contribution >= 4 is 0 Å². The monoisotopic (exact) mass is 505 g/mol. The normalized spacial score (nSPS) is 44.8. The average molecular weight is 506 g/mol. The Bertz CT molecular complexity index is 1020. The molecule has 5 aliphatic carbocycles. The molecule has 0 aliphatic heterocycles. The van der Waals surface area contributed by atoms with Gasteiger partial charge in [0.15, 0.2) is 0 Å². The van der Waals surface area contributed by atoms with Crippen LogP contribution in [0.1, 0.15) is 112 Å². The summed E-state index contributed by atoms with van der Waals surface area (Å²) in [6.07, 6.45) is 19.3. The molecule has 3 heteroatoms. The summed E-state index contributed by atoms with van der Waals surface area (Å²) in [5.74, 6) is 4.05. The molecule has 3 fully saturated rings. The fourth-order valence-electron chi connectivity index (χ4n) is 10.2. The maximum atomic E-state index is 11.0. The van der Waals surface area contributed by atoms with Gasteiger partial charge in [0.2, 0.25) is 0 Å². The van der Waals surface area contributed by atoms with E-state index in [2.05, 4.69) is 46.8 Å². The molecule has 0 amide bonds. The van der Waals surface area contributed by atoms with E-state index in [0.29, 0.717) is 16.7 Å². The summed E-state index contributed by atoms with van der Waals surface area (Å²) in [5.41, 5.74) is 3.76. The van der Waals surface area contributed by atoms with Crippen LogP contribution in [0.3, 0.4) is 0 Å². The van der Waals surface area contributed by atoms with E-state index < -0.39 is 5.60 Å². The van der Waals surface area contributed by atoms with Crippen LogP contribution in [0.25, 0.3) is 0 Å². The van der Waals surface area contributed by atoms with Gasteiger partial charge in [-0.05, 0) is 135 Å². The van der Waals surface area contributed by atoms with E-state index in [1.165, 1.54) is 32.1 Å². The van der Waals surface area contributed by atoms with Crippen molar-refractivity contribution in [1.29, 1.82) is 5.26 Å². The molecule has 3 saturated carbocycles. The summed E-state index contributed by atoms with van der Waals surface area (Å²) in [6.45, 7) is 11.9. The molecule has 0 aromatic carbocycles. The second-order valence-electron chi connectivity index (χ2n) is 14.4. The van der Waals surface area contributed by atoms with E-state index >= 15 is 0 Å². The summed E-state index contributed by atoms with van der Waals surface area (Å²) in [7, 11) is 0. The molecule has 204 valence electrons. The van der Waals surface area contributed by atoms with Crippen LogP contribution in [-0.4, -0.2) is 21.9 Å². The van der Waals surface area contributed by atoms with Gasteiger partial charge in [0.25, 0.3) is 0 Å². The first-order valence-electron chi connectivity index (χ1n) is 15.5. The first kappa shape index (κ1) is 27.2. The summed E-state index contributed by atoms with van der Waals surface area (Å²) in [6, 6.07) is 2.28. The lowest BCUT2D eigenvalue weighted by Gasteiger charge is -2.59. The molecule has 3 nitrogen and oxygen atoms in total. The van der Waals surface area contributed by atoms with Gasteiger partial charge in [0.05, 0.1) is 17.8 Å². The highest BCUT2D eigenvalue weighted by molar-refractivity contribution is 5.35. The maximum Gasteiger partial charge on any atom is 0.0947 e. The Morgan fingerprint density at radius 1 is 1.08 bits per heavy atom. The van der Waals surface area contributed by atoms with Crippen molar-refractivity contribution in [3.8, 4) is 6.07 Å². The molecule has 5 aliphatic rings. The molecule has 0 radical (unpaired) electrons. The molecule has 0 heterocycles. The number of aliphatic hydroxyl groups excluding tert-OH is 1. The topological polar surface area (TPSA) is 64.2 Å². The van der Waals surface area contributed by atoms with Gasteiger partial charge < -0.3 is 10.2 Å². The zero-order chi connectivity index (χ0) is 26.6. The first-order valence-corrected chi connectivity index (χ1v) is 15.5. The van der Waals surface area contributed by atoms with Crippen molar-refractivity contribution < 1.29 is 10.2 Å². The van der Waals surface area contributed by atoms with Gasteiger partial charge in [0, 0.05) is 5.57 Å². The molecule has 0 bridgehead atoms. The second kappa shape index (κ2) is 9.98. The van der Waals surface area contributed by atoms with Crippen molar-refractivity contribution in [2.75, 3.05) is 0 Å². The van der Waals surface area contributed by atoms with Gasteiger partial charge in [-0.25, -0.2) is 0 Å². The molecule has 2 N–H and O–H groups in total. The number of aliphatic hydroxyl groups is 2. The molecule has 0 aromatic rings. The van der Waals surface area contributed by atoms with E-state index in [-0.39, 0.29) is 12.0 Å². The van der Waals surface area contributed by atoms with Crippen LogP contribution in [-0.2, 0) is 0 Å². The molecule has 0 spiro atoms. The molecule has 0 aromatic heterocycles. The zero-order valence-corrected chi connectivity index (χ0v) is 24.1. The van der Waals surface area contributed by atoms with Crippen LogP contribution in [0.2, 0.25) is 0 Å². The highest BCUT2D eigenvalue weighted by Gasteiger charge is 2.59. The van der Waals surface area contributed by atoms with Crippen LogP contribution in [0.15, 0.2) is 34.9 Å². The third kappa shape index (κ3) is 4.59. The van der Waals surface area contributed by atoms with Crippen LogP contribution in [0.4, 0.5) is 0 Å². The number of hydrogen-bond acceptors (Lipinski definition) is 3. The smallest absolute Gasteiger partial charge is 0.0947 e. The van der Waals surface area contributed by atoms with E-state index in [0.717, 1.165) is 79.8 Å². The molecule has 3 unspecified atom stereocenters. The van der Waals surface area contributed by atoms with E-state index in [9.17, 15) is 15.5 Å². The Balaban J connectivity index is 1.25. The van der Waals surface area contributed by atoms with Crippen molar-refractivity contribution in [1.82, 2.24) is 0 Å². The highest BCUT2D eigenvalue weighted by Crippen LogP contribution is 2.67. The van der Waals surface area contributed by atoms with Crippen molar-refractivity contribution in [2.45, 2.75) is 123 Å². The standard InChI is InChI=1S/C34H51NO2/c1-6-34(37)18-17-32(4)25(20-34)9-11-27-29-13-12-28(33(29,5)16-15-30(27)32)22(2)7-14-31(36)26-10-8-24(21-35)19-23(26)3/h8-10,22-23,27-31,36-37H,6-7,11-20H2,1-5H3/t22-,23?,27+,28-,29+,30?,31?,32+,33-,34+/m1/s1. The lowest BCUT2D eigenvalue weighted by molar-refractivity contribution is -0.0757. The van der Waals surface area contributed by atoms with E-state index in [1.807, 2.05) is 12.2 Å². The molecule has 10 atom stereocenters. The third-order valence-electron chi connectivity index (χ3n) is 12.7. The quantitative estimate of drug-likeness (QED) is 0.361. The maximum absolute atomic E-state index is 11.0. The summed E-state index contributed by atoms with van der Waals surface area (Å²) in [5, 5.41) is 31.3. The van der Waals surface area contributed by atoms with Gasteiger partial charge in [-0.3, -0.25) is 0 Å². The Morgan fingerprint density at radius 2 is 1.86 bits per heavy atom. The van der Waals surface area contributed by atoms with Crippen LogP contribution in [0.5, 0.6) is 0 Å². The number of fused-ring (bicyclic) bond motifs is 5.